The molecule has 1 N–H and O–H groups in total. The minimum atomic E-state index is -0.288. The number of rotatable bonds is 6. The quantitative estimate of drug-likeness (QED) is 0.716. The summed E-state index contributed by atoms with van der Waals surface area (Å²) in [6.07, 6.45) is 0.995. The number of hydrogen-bond acceptors (Lipinski definition) is 4. The molecule has 2 aromatic carbocycles. The second-order valence-electron chi connectivity index (χ2n) is 7.11. The van der Waals surface area contributed by atoms with Crippen LogP contribution >= 0.6 is 0 Å². The van der Waals surface area contributed by atoms with E-state index in [4.69, 9.17) is 0 Å². The van der Waals surface area contributed by atoms with Gasteiger partial charge in [-0.05, 0) is 37.7 Å². The lowest BCUT2D eigenvalue weighted by molar-refractivity contribution is 0.0936. The van der Waals surface area contributed by atoms with Gasteiger partial charge in [0.2, 0.25) is 0 Å². The number of benzene rings is 2. The highest BCUT2D eigenvalue weighted by Gasteiger charge is 2.19. The predicted molar refractivity (Wildman–Crippen MR) is 112 cm³/mol. The molecule has 1 heterocycles. The highest BCUT2D eigenvalue weighted by Crippen LogP contribution is 2.19. The normalized spacial score (nSPS) is 12.3. The van der Waals surface area contributed by atoms with Crippen LogP contribution in [0.4, 0.5) is 0 Å². The summed E-state index contributed by atoms with van der Waals surface area (Å²) in [7, 11) is 5.54. The molecule has 146 valence electrons. The zero-order chi connectivity index (χ0) is 20.3. The summed E-state index contributed by atoms with van der Waals surface area (Å²) in [6.45, 7) is 2.57. The molecule has 0 aliphatic heterocycles. The first kappa shape index (κ1) is 19.8. The van der Waals surface area contributed by atoms with Gasteiger partial charge in [0.1, 0.15) is 0 Å². The Morgan fingerprint density at radius 2 is 1.75 bits per heavy atom. The Morgan fingerprint density at radius 1 is 1.11 bits per heavy atom. The molecule has 0 fully saturated rings. The van der Waals surface area contributed by atoms with E-state index in [-0.39, 0.29) is 23.2 Å². The number of carbonyl (C=O) groups excluding carboxylic acids is 1. The number of nitrogens with one attached hydrogen (secondary N) is 1. The Morgan fingerprint density at radius 3 is 2.36 bits per heavy atom. The Balaban J connectivity index is 1.85. The summed E-state index contributed by atoms with van der Waals surface area (Å²) < 4.78 is 1.21. The molecule has 0 aliphatic rings. The van der Waals surface area contributed by atoms with Crippen molar-refractivity contribution in [1.82, 2.24) is 20.0 Å². The summed E-state index contributed by atoms with van der Waals surface area (Å²) >= 11 is 0. The Labute approximate surface area is 164 Å². The standard InChI is InChI=1S/C22H26N4O2/c1-5-15-10-12-16(13-11-15)19(25(2)3)14-23-21(27)20-17-8-6-7-9-18(17)22(28)26(4)24-20/h6-13,19H,5,14H2,1-4H3,(H,23,27). The number of amides is 1. The first-order valence-electron chi connectivity index (χ1n) is 9.42. The van der Waals surface area contributed by atoms with Gasteiger partial charge in [0.25, 0.3) is 11.5 Å². The monoisotopic (exact) mass is 378 g/mol. The first-order chi connectivity index (χ1) is 13.4. The lowest BCUT2D eigenvalue weighted by atomic mass is 10.0. The largest absolute Gasteiger partial charge is 0.349 e. The second-order valence-corrected chi connectivity index (χ2v) is 7.11. The van der Waals surface area contributed by atoms with Crippen molar-refractivity contribution in [3.63, 3.8) is 0 Å². The molecule has 0 aliphatic carbocycles. The molecule has 1 aromatic heterocycles. The highest BCUT2D eigenvalue weighted by molar-refractivity contribution is 6.04. The van der Waals surface area contributed by atoms with Crippen LogP contribution < -0.4 is 10.9 Å². The highest BCUT2D eigenvalue weighted by atomic mass is 16.2. The predicted octanol–water partition coefficient (Wildman–Crippen LogP) is 2.53. The van der Waals surface area contributed by atoms with Gasteiger partial charge >= 0.3 is 0 Å². The summed E-state index contributed by atoms with van der Waals surface area (Å²) in [4.78, 5) is 27.2. The Kier molecular flexibility index (Phi) is 5.90. The van der Waals surface area contributed by atoms with Crippen molar-refractivity contribution in [2.75, 3.05) is 20.6 Å². The number of likely N-dealkylation sites (N-methyl/N-ethyl adjacent to an activating group) is 1. The van der Waals surface area contributed by atoms with Crippen LogP contribution in [0.5, 0.6) is 0 Å². The smallest absolute Gasteiger partial charge is 0.274 e. The van der Waals surface area contributed by atoms with Crippen molar-refractivity contribution in [3.8, 4) is 0 Å². The third kappa shape index (κ3) is 3.97. The number of fused-ring (bicyclic) bond motifs is 1. The average Bonchev–Trinajstić information content (AvgIpc) is 2.71. The maximum atomic E-state index is 12.9. The fourth-order valence-corrected chi connectivity index (χ4v) is 3.31. The van der Waals surface area contributed by atoms with Gasteiger partial charge in [-0.3, -0.25) is 9.59 Å². The van der Waals surface area contributed by atoms with E-state index in [1.165, 1.54) is 10.2 Å². The molecule has 3 rings (SSSR count). The van der Waals surface area contributed by atoms with E-state index in [0.717, 1.165) is 12.0 Å². The zero-order valence-electron chi connectivity index (χ0n) is 16.8. The van der Waals surface area contributed by atoms with E-state index >= 15 is 0 Å². The van der Waals surface area contributed by atoms with Crippen molar-refractivity contribution in [3.05, 3.63) is 75.7 Å². The number of hydrogen-bond donors (Lipinski definition) is 1. The van der Waals surface area contributed by atoms with Gasteiger partial charge in [-0.1, -0.05) is 49.4 Å². The summed E-state index contributed by atoms with van der Waals surface area (Å²) in [6, 6.07) is 15.6. The van der Waals surface area contributed by atoms with Crippen LogP contribution in [0.2, 0.25) is 0 Å². The van der Waals surface area contributed by atoms with E-state index < -0.39 is 0 Å². The van der Waals surface area contributed by atoms with Crippen LogP contribution in [0.15, 0.2) is 53.3 Å². The third-order valence-corrected chi connectivity index (χ3v) is 5.02. The zero-order valence-corrected chi connectivity index (χ0v) is 16.8. The first-order valence-corrected chi connectivity index (χ1v) is 9.42. The molecule has 0 saturated carbocycles. The van der Waals surface area contributed by atoms with Gasteiger partial charge < -0.3 is 10.2 Å². The second kappa shape index (κ2) is 8.35. The molecule has 1 atom stereocenters. The van der Waals surface area contributed by atoms with Crippen LogP contribution in [-0.4, -0.2) is 41.2 Å². The van der Waals surface area contributed by atoms with Crippen LogP contribution in [0.3, 0.4) is 0 Å². The van der Waals surface area contributed by atoms with Crippen molar-refractivity contribution in [1.29, 1.82) is 0 Å². The van der Waals surface area contributed by atoms with E-state index in [9.17, 15) is 9.59 Å². The molecule has 3 aromatic rings. The summed E-state index contributed by atoms with van der Waals surface area (Å²) in [5.74, 6) is -0.288. The van der Waals surface area contributed by atoms with E-state index in [2.05, 4.69) is 46.5 Å². The van der Waals surface area contributed by atoms with Crippen molar-refractivity contribution in [2.24, 2.45) is 7.05 Å². The fourth-order valence-electron chi connectivity index (χ4n) is 3.31. The summed E-state index contributed by atoms with van der Waals surface area (Å²) in [5.41, 5.74) is 2.47. The average molecular weight is 378 g/mol. The van der Waals surface area contributed by atoms with Crippen molar-refractivity contribution < 1.29 is 4.79 Å². The minimum absolute atomic E-state index is 0.0358. The van der Waals surface area contributed by atoms with Gasteiger partial charge in [-0.15, -0.1) is 0 Å². The van der Waals surface area contributed by atoms with Crippen LogP contribution in [0.1, 0.15) is 34.6 Å². The maximum Gasteiger partial charge on any atom is 0.274 e. The molecule has 0 bridgehead atoms. The van der Waals surface area contributed by atoms with Gasteiger partial charge in [0.15, 0.2) is 5.69 Å². The SMILES string of the molecule is CCc1ccc(C(CNC(=O)c2nn(C)c(=O)c3ccccc23)N(C)C)cc1. The molecule has 0 saturated heterocycles. The maximum absolute atomic E-state index is 12.9. The molecule has 6 nitrogen and oxygen atoms in total. The van der Waals surface area contributed by atoms with Crippen LogP contribution in [0, 0.1) is 0 Å². The summed E-state index contributed by atoms with van der Waals surface area (Å²) in [5, 5.41) is 8.24. The molecular formula is C22H26N4O2. The topological polar surface area (TPSA) is 67.2 Å². The lowest BCUT2D eigenvalue weighted by Gasteiger charge is -2.25. The van der Waals surface area contributed by atoms with Gasteiger partial charge in [-0.25, -0.2) is 4.68 Å². The van der Waals surface area contributed by atoms with E-state index in [1.807, 2.05) is 14.1 Å². The van der Waals surface area contributed by atoms with Gasteiger partial charge in [0.05, 0.1) is 11.4 Å². The third-order valence-electron chi connectivity index (χ3n) is 5.02. The molecule has 0 spiro atoms. The van der Waals surface area contributed by atoms with Crippen molar-refractivity contribution >= 4 is 16.7 Å². The minimum Gasteiger partial charge on any atom is -0.349 e. The number of aryl methyl sites for hydroxylation is 2. The van der Waals surface area contributed by atoms with Gasteiger partial charge in [0, 0.05) is 19.0 Å². The van der Waals surface area contributed by atoms with E-state index in [1.54, 1.807) is 31.3 Å². The Bertz CT molecular complexity index is 1040. The van der Waals surface area contributed by atoms with Crippen LogP contribution in [0.25, 0.3) is 10.8 Å². The fraction of sp³-hybridized carbons (Fsp3) is 0.318. The molecule has 6 heteroatoms. The van der Waals surface area contributed by atoms with E-state index in [0.29, 0.717) is 17.3 Å². The Hall–Kier alpha value is -2.99. The molecule has 1 unspecified atom stereocenters. The number of carbonyl (C=O) groups is 1. The molecular weight excluding hydrogens is 352 g/mol. The van der Waals surface area contributed by atoms with Crippen LogP contribution in [-0.2, 0) is 13.5 Å². The van der Waals surface area contributed by atoms with Crippen molar-refractivity contribution in [2.45, 2.75) is 19.4 Å². The molecule has 28 heavy (non-hydrogen) atoms. The lowest BCUT2D eigenvalue weighted by Crippen LogP contribution is -2.36. The molecule has 1 amide bonds. The molecule has 0 radical (unpaired) electrons. The number of aromatic nitrogens is 2. The number of nitrogens with zero attached hydrogens (tertiary/aromatic N) is 3. The van der Waals surface area contributed by atoms with Gasteiger partial charge in [-0.2, -0.15) is 5.10 Å².